The van der Waals surface area contributed by atoms with Crippen LogP contribution in [0, 0.1) is 11.6 Å². The smallest absolute Gasteiger partial charge is 0.277 e. The van der Waals surface area contributed by atoms with Gasteiger partial charge in [-0.2, -0.15) is 15.4 Å². The van der Waals surface area contributed by atoms with E-state index in [1.165, 1.54) is 6.20 Å². The van der Waals surface area contributed by atoms with Crippen LogP contribution in [0.15, 0.2) is 24.4 Å². The van der Waals surface area contributed by atoms with Crippen molar-refractivity contribution in [3.63, 3.8) is 0 Å². The van der Waals surface area contributed by atoms with Crippen molar-refractivity contribution < 1.29 is 13.6 Å². The normalized spacial score (nSPS) is 10.1. The summed E-state index contributed by atoms with van der Waals surface area (Å²) in [5, 5.41) is 11.4. The van der Waals surface area contributed by atoms with Gasteiger partial charge in [-0.05, 0) is 12.1 Å². The van der Waals surface area contributed by atoms with E-state index in [1.807, 2.05) is 0 Å². The fraction of sp³-hybridized carbons (Fsp3) is 0. The minimum absolute atomic E-state index is 0.0173. The number of amides is 1. The molecule has 0 aliphatic heterocycles. The van der Waals surface area contributed by atoms with Crippen LogP contribution >= 0.6 is 0 Å². The van der Waals surface area contributed by atoms with Crippen molar-refractivity contribution in [1.82, 2.24) is 15.4 Å². The van der Waals surface area contributed by atoms with Crippen molar-refractivity contribution in [3.05, 3.63) is 41.7 Å². The maximum Gasteiger partial charge on any atom is 0.277 e. The van der Waals surface area contributed by atoms with Gasteiger partial charge in [-0.25, -0.2) is 8.78 Å². The summed E-state index contributed by atoms with van der Waals surface area (Å²) in [6, 6.07) is 2.85. The maximum atomic E-state index is 13.2. The van der Waals surface area contributed by atoms with Gasteiger partial charge < -0.3 is 5.32 Å². The number of carbonyl (C=O) groups excluding carboxylic acids is 1. The molecule has 16 heavy (non-hydrogen) atoms. The number of hydrogen-bond donors (Lipinski definition) is 2. The van der Waals surface area contributed by atoms with Gasteiger partial charge in [-0.15, -0.1) is 0 Å². The monoisotopic (exact) mass is 224 g/mol. The summed E-state index contributed by atoms with van der Waals surface area (Å²) >= 11 is 0. The molecule has 0 fully saturated rings. The van der Waals surface area contributed by atoms with Gasteiger partial charge in [0.1, 0.15) is 11.6 Å². The number of nitrogens with zero attached hydrogens (tertiary/aromatic N) is 2. The van der Waals surface area contributed by atoms with Crippen molar-refractivity contribution in [1.29, 1.82) is 0 Å². The average Bonchev–Trinajstić information content (AvgIpc) is 2.75. The predicted molar refractivity (Wildman–Crippen MR) is 50.7 cm³/mol. The highest BCUT2D eigenvalue weighted by Gasteiger charge is 2.11. The predicted octanol–water partition coefficient (Wildman–Crippen LogP) is 1.34. The third-order valence-corrected chi connectivity index (χ3v) is 1.83. The van der Waals surface area contributed by atoms with Crippen LogP contribution in [0.5, 0.6) is 0 Å². The number of rotatable bonds is 2. The Bertz CT molecular complexity index is 512. The minimum Gasteiger partial charge on any atom is -0.318 e. The second-order valence-electron chi connectivity index (χ2n) is 2.93. The molecule has 0 saturated heterocycles. The lowest BCUT2D eigenvalue weighted by atomic mass is 10.3. The topological polar surface area (TPSA) is 70.7 Å². The average molecular weight is 224 g/mol. The number of hydrogen-bond acceptors (Lipinski definition) is 3. The largest absolute Gasteiger partial charge is 0.318 e. The molecule has 2 rings (SSSR count). The summed E-state index contributed by atoms with van der Waals surface area (Å²) in [6.45, 7) is 0. The molecule has 1 amide bonds. The highest BCUT2D eigenvalue weighted by Crippen LogP contribution is 2.15. The van der Waals surface area contributed by atoms with E-state index >= 15 is 0 Å². The summed E-state index contributed by atoms with van der Waals surface area (Å²) in [7, 11) is 0. The van der Waals surface area contributed by atoms with E-state index in [9.17, 15) is 13.6 Å². The Morgan fingerprint density at radius 2 is 2.19 bits per heavy atom. The van der Waals surface area contributed by atoms with Crippen LogP contribution in [-0.4, -0.2) is 21.3 Å². The van der Waals surface area contributed by atoms with E-state index in [1.54, 1.807) is 0 Å². The standard InChI is InChI=1S/C9H6F2N4O/c10-5-1-2-7(6(11)3-5)13-9(16)8-4-12-15-14-8/h1-4H,(H,13,16)(H,12,14,15). The molecule has 0 aliphatic carbocycles. The van der Waals surface area contributed by atoms with E-state index < -0.39 is 17.5 Å². The zero-order valence-corrected chi connectivity index (χ0v) is 7.87. The van der Waals surface area contributed by atoms with Crippen LogP contribution in [0.25, 0.3) is 0 Å². The Labute approximate surface area is 88.5 Å². The molecule has 1 heterocycles. The zero-order chi connectivity index (χ0) is 11.5. The number of benzene rings is 1. The summed E-state index contributed by atoms with van der Waals surface area (Å²) in [5.41, 5.74) is -0.0990. The molecule has 0 spiro atoms. The second kappa shape index (κ2) is 4.05. The van der Waals surface area contributed by atoms with Gasteiger partial charge in [0.25, 0.3) is 5.91 Å². The molecule has 0 aliphatic rings. The van der Waals surface area contributed by atoms with Gasteiger partial charge in [-0.3, -0.25) is 4.79 Å². The molecule has 82 valence electrons. The SMILES string of the molecule is O=C(Nc1ccc(F)cc1F)c1cn[nH]n1. The summed E-state index contributed by atoms with van der Waals surface area (Å²) < 4.78 is 25.7. The van der Waals surface area contributed by atoms with Crippen LogP contribution in [0.3, 0.4) is 0 Å². The molecule has 1 aromatic heterocycles. The summed E-state index contributed by atoms with van der Waals surface area (Å²) in [5.74, 6) is -2.19. The number of H-pyrrole nitrogens is 1. The fourth-order valence-corrected chi connectivity index (χ4v) is 1.09. The quantitative estimate of drug-likeness (QED) is 0.808. The van der Waals surface area contributed by atoms with Gasteiger partial charge >= 0.3 is 0 Å². The van der Waals surface area contributed by atoms with Crippen LogP contribution in [0.4, 0.5) is 14.5 Å². The Morgan fingerprint density at radius 3 is 2.81 bits per heavy atom. The zero-order valence-electron chi connectivity index (χ0n) is 7.87. The van der Waals surface area contributed by atoms with E-state index in [-0.39, 0.29) is 11.4 Å². The van der Waals surface area contributed by atoms with Crippen LogP contribution in [0.2, 0.25) is 0 Å². The number of aromatic nitrogens is 3. The highest BCUT2D eigenvalue weighted by molar-refractivity contribution is 6.02. The van der Waals surface area contributed by atoms with Crippen LogP contribution < -0.4 is 5.32 Å². The molecule has 7 heteroatoms. The van der Waals surface area contributed by atoms with E-state index in [4.69, 9.17) is 0 Å². The van der Waals surface area contributed by atoms with E-state index in [2.05, 4.69) is 20.7 Å². The lowest BCUT2D eigenvalue weighted by molar-refractivity contribution is 0.102. The Morgan fingerprint density at radius 1 is 1.38 bits per heavy atom. The first-order valence-electron chi connectivity index (χ1n) is 4.29. The fourth-order valence-electron chi connectivity index (χ4n) is 1.09. The lowest BCUT2D eigenvalue weighted by Crippen LogP contribution is -2.13. The van der Waals surface area contributed by atoms with Crippen molar-refractivity contribution in [2.45, 2.75) is 0 Å². The molecule has 5 nitrogen and oxygen atoms in total. The Kier molecular flexibility index (Phi) is 2.59. The Hall–Kier alpha value is -2.31. The van der Waals surface area contributed by atoms with E-state index in [0.29, 0.717) is 6.07 Å². The maximum absolute atomic E-state index is 13.2. The number of carbonyl (C=O) groups is 1. The molecule has 0 bridgehead atoms. The number of nitrogens with one attached hydrogen (secondary N) is 2. The molecule has 0 atom stereocenters. The molecule has 2 N–H and O–H groups in total. The number of anilines is 1. The van der Waals surface area contributed by atoms with Gasteiger partial charge in [0.2, 0.25) is 0 Å². The van der Waals surface area contributed by atoms with E-state index in [0.717, 1.165) is 12.1 Å². The first-order valence-corrected chi connectivity index (χ1v) is 4.29. The van der Waals surface area contributed by atoms with Gasteiger partial charge in [0.15, 0.2) is 5.69 Å². The van der Waals surface area contributed by atoms with Crippen molar-refractivity contribution in [3.8, 4) is 0 Å². The minimum atomic E-state index is -0.850. The molecule has 1 aromatic carbocycles. The summed E-state index contributed by atoms with van der Waals surface area (Å²) in [4.78, 5) is 11.4. The molecule has 0 saturated carbocycles. The van der Waals surface area contributed by atoms with Crippen LogP contribution in [0.1, 0.15) is 10.5 Å². The van der Waals surface area contributed by atoms with Gasteiger partial charge in [0, 0.05) is 6.07 Å². The lowest BCUT2D eigenvalue weighted by Gasteiger charge is -2.03. The van der Waals surface area contributed by atoms with Crippen LogP contribution in [-0.2, 0) is 0 Å². The number of aromatic amines is 1. The van der Waals surface area contributed by atoms with Gasteiger partial charge in [0.05, 0.1) is 11.9 Å². The first kappa shape index (κ1) is 10.2. The molecule has 0 unspecified atom stereocenters. The van der Waals surface area contributed by atoms with Crippen molar-refractivity contribution in [2.24, 2.45) is 0 Å². The molecule has 2 aromatic rings. The van der Waals surface area contributed by atoms with Gasteiger partial charge in [-0.1, -0.05) is 0 Å². The second-order valence-corrected chi connectivity index (χ2v) is 2.93. The molecular formula is C9H6F2N4O. The molecular weight excluding hydrogens is 218 g/mol. The first-order chi connectivity index (χ1) is 7.66. The van der Waals surface area contributed by atoms with Crippen molar-refractivity contribution >= 4 is 11.6 Å². The Balaban J connectivity index is 2.18. The summed E-state index contributed by atoms with van der Waals surface area (Å²) in [6.07, 6.45) is 1.19. The highest BCUT2D eigenvalue weighted by atomic mass is 19.1. The third-order valence-electron chi connectivity index (χ3n) is 1.83. The third kappa shape index (κ3) is 2.02. The number of halogens is 2. The van der Waals surface area contributed by atoms with Crippen molar-refractivity contribution in [2.75, 3.05) is 5.32 Å². The molecule has 0 radical (unpaired) electrons.